The van der Waals surface area contributed by atoms with E-state index in [4.69, 9.17) is 5.73 Å². The number of primary amides is 1. The Labute approximate surface area is 102 Å². The molecule has 1 fully saturated rings. The molecule has 0 atom stereocenters. The molecule has 0 bridgehead atoms. The minimum Gasteiger partial charge on any atom is -0.371 e. The summed E-state index contributed by atoms with van der Waals surface area (Å²) in [5, 5.41) is 3.34. The lowest BCUT2D eigenvalue weighted by atomic mass is 10.0. The van der Waals surface area contributed by atoms with E-state index in [0.29, 0.717) is 11.6 Å². The average molecular weight is 233 g/mol. The molecule has 0 radical (unpaired) electrons. The van der Waals surface area contributed by atoms with Crippen LogP contribution in [0, 0.1) is 0 Å². The first-order chi connectivity index (χ1) is 8.20. The SMILES string of the molecule is CN(c1ccccc1C(N)=O)C1CCNCC1. The summed E-state index contributed by atoms with van der Waals surface area (Å²) in [5.74, 6) is -0.360. The van der Waals surface area contributed by atoms with Gasteiger partial charge in [-0.15, -0.1) is 0 Å². The van der Waals surface area contributed by atoms with Crippen LogP contribution in [0.4, 0.5) is 5.69 Å². The molecule has 1 heterocycles. The van der Waals surface area contributed by atoms with Crippen LogP contribution in [0.5, 0.6) is 0 Å². The Morgan fingerprint density at radius 3 is 2.65 bits per heavy atom. The Bertz CT molecular complexity index is 399. The topological polar surface area (TPSA) is 58.4 Å². The number of anilines is 1. The van der Waals surface area contributed by atoms with Crippen LogP contribution in [0.25, 0.3) is 0 Å². The summed E-state index contributed by atoms with van der Waals surface area (Å²) in [5.41, 5.74) is 6.95. The molecule has 1 amide bonds. The predicted molar refractivity (Wildman–Crippen MR) is 69.3 cm³/mol. The Hall–Kier alpha value is -1.55. The van der Waals surface area contributed by atoms with E-state index in [-0.39, 0.29) is 5.91 Å². The van der Waals surface area contributed by atoms with Crippen molar-refractivity contribution in [1.29, 1.82) is 0 Å². The number of nitrogens with zero attached hydrogens (tertiary/aromatic N) is 1. The second-order valence-corrected chi connectivity index (χ2v) is 4.47. The van der Waals surface area contributed by atoms with E-state index in [9.17, 15) is 4.79 Å². The smallest absolute Gasteiger partial charge is 0.250 e. The molecule has 1 aliphatic heterocycles. The molecule has 4 nitrogen and oxygen atoms in total. The maximum Gasteiger partial charge on any atom is 0.250 e. The molecule has 0 saturated carbocycles. The van der Waals surface area contributed by atoms with Gasteiger partial charge in [0.25, 0.3) is 5.91 Å². The predicted octanol–water partition coefficient (Wildman–Crippen LogP) is 0.974. The van der Waals surface area contributed by atoms with E-state index in [1.54, 1.807) is 6.07 Å². The van der Waals surface area contributed by atoms with E-state index in [0.717, 1.165) is 31.6 Å². The molecule has 1 aromatic carbocycles. The summed E-state index contributed by atoms with van der Waals surface area (Å²) in [4.78, 5) is 13.6. The number of piperidine rings is 1. The number of amides is 1. The van der Waals surface area contributed by atoms with E-state index in [1.165, 1.54) is 0 Å². The molecule has 4 heteroatoms. The van der Waals surface area contributed by atoms with Gasteiger partial charge in [-0.2, -0.15) is 0 Å². The van der Waals surface area contributed by atoms with Crippen molar-refractivity contribution < 1.29 is 4.79 Å². The number of rotatable bonds is 3. The molecule has 0 aromatic heterocycles. The summed E-state index contributed by atoms with van der Waals surface area (Å²) in [6.07, 6.45) is 2.20. The molecule has 3 N–H and O–H groups in total. The highest BCUT2D eigenvalue weighted by Crippen LogP contribution is 2.23. The number of carbonyl (C=O) groups excluding carboxylic acids is 1. The summed E-state index contributed by atoms with van der Waals surface area (Å²) < 4.78 is 0. The normalized spacial score (nSPS) is 16.8. The Balaban J connectivity index is 2.23. The quantitative estimate of drug-likeness (QED) is 0.818. The molecule has 0 aliphatic carbocycles. The fraction of sp³-hybridized carbons (Fsp3) is 0.462. The number of benzene rings is 1. The summed E-state index contributed by atoms with van der Waals surface area (Å²) in [7, 11) is 2.04. The number of para-hydroxylation sites is 1. The molecule has 92 valence electrons. The third-order valence-corrected chi connectivity index (χ3v) is 3.41. The second kappa shape index (κ2) is 5.19. The van der Waals surface area contributed by atoms with Gasteiger partial charge in [0, 0.05) is 18.8 Å². The van der Waals surface area contributed by atoms with Gasteiger partial charge in [0.1, 0.15) is 0 Å². The Morgan fingerprint density at radius 1 is 1.35 bits per heavy atom. The van der Waals surface area contributed by atoms with Crippen LogP contribution in [0.2, 0.25) is 0 Å². The van der Waals surface area contributed by atoms with Crippen molar-refractivity contribution >= 4 is 11.6 Å². The highest BCUT2D eigenvalue weighted by molar-refractivity contribution is 5.98. The molecule has 1 saturated heterocycles. The van der Waals surface area contributed by atoms with Crippen LogP contribution in [-0.2, 0) is 0 Å². The van der Waals surface area contributed by atoms with Gasteiger partial charge in [-0.1, -0.05) is 12.1 Å². The lowest BCUT2D eigenvalue weighted by Crippen LogP contribution is -2.41. The van der Waals surface area contributed by atoms with Gasteiger partial charge in [-0.3, -0.25) is 4.79 Å². The number of carbonyl (C=O) groups is 1. The van der Waals surface area contributed by atoms with E-state index in [1.807, 2.05) is 25.2 Å². The van der Waals surface area contributed by atoms with Gasteiger partial charge in [-0.25, -0.2) is 0 Å². The van der Waals surface area contributed by atoms with Crippen molar-refractivity contribution in [2.45, 2.75) is 18.9 Å². The van der Waals surface area contributed by atoms with E-state index in [2.05, 4.69) is 10.2 Å². The molecule has 0 spiro atoms. The zero-order chi connectivity index (χ0) is 12.3. The van der Waals surface area contributed by atoms with Gasteiger partial charge >= 0.3 is 0 Å². The van der Waals surface area contributed by atoms with Crippen LogP contribution in [-0.4, -0.2) is 32.1 Å². The summed E-state index contributed by atoms with van der Waals surface area (Å²) >= 11 is 0. The van der Waals surface area contributed by atoms with E-state index >= 15 is 0 Å². The van der Waals surface area contributed by atoms with Crippen molar-refractivity contribution in [1.82, 2.24) is 5.32 Å². The van der Waals surface area contributed by atoms with Crippen LogP contribution in [0.15, 0.2) is 24.3 Å². The zero-order valence-corrected chi connectivity index (χ0v) is 10.1. The Kier molecular flexibility index (Phi) is 3.64. The minimum absolute atomic E-state index is 0.360. The molecule has 2 rings (SSSR count). The standard InChI is InChI=1S/C13H19N3O/c1-16(10-6-8-15-9-7-10)12-5-3-2-4-11(12)13(14)17/h2-5,10,15H,6-9H2,1H3,(H2,14,17). The molecule has 0 unspecified atom stereocenters. The van der Waals surface area contributed by atoms with Crippen molar-refractivity contribution in [3.8, 4) is 0 Å². The highest BCUT2D eigenvalue weighted by Gasteiger charge is 2.20. The molecular formula is C13H19N3O. The molecule has 1 aromatic rings. The molecule has 17 heavy (non-hydrogen) atoms. The average Bonchev–Trinajstić information content (AvgIpc) is 2.39. The maximum atomic E-state index is 11.4. The zero-order valence-electron chi connectivity index (χ0n) is 10.1. The fourth-order valence-corrected chi connectivity index (χ4v) is 2.38. The van der Waals surface area contributed by atoms with Crippen LogP contribution in [0.3, 0.4) is 0 Å². The first-order valence-electron chi connectivity index (χ1n) is 6.02. The van der Waals surface area contributed by atoms with Crippen molar-refractivity contribution in [2.75, 3.05) is 25.0 Å². The van der Waals surface area contributed by atoms with Crippen LogP contribution < -0.4 is 16.0 Å². The van der Waals surface area contributed by atoms with Crippen LogP contribution >= 0.6 is 0 Å². The van der Waals surface area contributed by atoms with Gasteiger partial charge in [-0.05, 0) is 38.1 Å². The number of nitrogens with one attached hydrogen (secondary N) is 1. The first-order valence-corrected chi connectivity index (χ1v) is 6.02. The fourth-order valence-electron chi connectivity index (χ4n) is 2.38. The van der Waals surface area contributed by atoms with Gasteiger partial charge in [0.05, 0.1) is 5.56 Å². The highest BCUT2D eigenvalue weighted by atomic mass is 16.1. The Morgan fingerprint density at radius 2 is 2.00 bits per heavy atom. The van der Waals surface area contributed by atoms with Crippen molar-refractivity contribution in [3.63, 3.8) is 0 Å². The third-order valence-electron chi connectivity index (χ3n) is 3.41. The second-order valence-electron chi connectivity index (χ2n) is 4.47. The third kappa shape index (κ3) is 2.58. The van der Waals surface area contributed by atoms with Gasteiger partial charge < -0.3 is 16.0 Å². The van der Waals surface area contributed by atoms with E-state index < -0.39 is 0 Å². The lowest BCUT2D eigenvalue weighted by Gasteiger charge is -2.34. The number of hydrogen-bond acceptors (Lipinski definition) is 3. The summed E-state index contributed by atoms with van der Waals surface area (Å²) in [6, 6.07) is 8.02. The number of nitrogens with two attached hydrogens (primary N) is 1. The monoisotopic (exact) mass is 233 g/mol. The largest absolute Gasteiger partial charge is 0.371 e. The number of hydrogen-bond donors (Lipinski definition) is 2. The van der Waals surface area contributed by atoms with Crippen LogP contribution in [0.1, 0.15) is 23.2 Å². The lowest BCUT2D eigenvalue weighted by molar-refractivity contribution is 0.100. The van der Waals surface area contributed by atoms with Gasteiger partial charge in [0.2, 0.25) is 0 Å². The minimum atomic E-state index is -0.360. The molecule has 1 aliphatic rings. The molecular weight excluding hydrogens is 214 g/mol. The van der Waals surface area contributed by atoms with Crippen molar-refractivity contribution in [3.05, 3.63) is 29.8 Å². The van der Waals surface area contributed by atoms with Gasteiger partial charge in [0.15, 0.2) is 0 Å². The summed E-state index contributed by atoms with van der Waals surface area (Å²) in [6.45, 7) is 2.07. The maximum absolute atomic E-state index is 11.4. The first kappa shape index (κ1) is 11.9. The van der Waals surface area contributed by atoms with Crippen molar-refractivity contribution in [2.24, 2.45) is 5.73 Å².